The van der Waals surface area contributed by atoms with Crippen molar-refractivity contribution >= 4 is 11.9 Å². The summed E-state index contributed by atoms with van der Waals surface area (Å²) in [6.45, 7) is 1.82. The first-order valence-corrected chi connectivity index (χ1v) is 7.58. The molecule has 0 heterocycles. The maximum Gasteiger partial charge on any atom is 0.308 e. The number of carbonyl (C=O) groups excluding carboxylic acids is 1. The molecule has 0 fully saturated rings. The van der Waals surface area contributed by atoms with Gasteiger partial charge in [-0.1, -0.05) is 61.5 Å². The fraction of sp³-hybridized carbons (Fsp3) is 0.263. The van der Waals surface area contributed by atoms with Crippen molar-refractivity contribution < 1.29 is 14.7 Å². The Kier molecular flexibility index (Phi) is 5.52. The van der Waals surface area contributed by atoms with Crippen molar-refractivity contribution in [1.29, 1.82) is 0 Å². The molecule has 0 aliphatic carbocycles. The van der Waals surface area contributed by atoms with E-state index in [0.717, 1.165) is 16.7 Å². The Morgan fingerprint density at radius 1 is 1.00 bits per heavy atom. The molecule has 0 bridgehead atoms. The van der Waals surface area contributed by atoms with E-state index in [1.165, 1.54) is 4.90 Å². The van der Waals surface area contributed by atoms with Crippen molar-refractivity contribution in [2.45, 2.75) is 13.3 Å². The van der Waals surface area contributed by atoms with E-state index in [9.17, 15) is 9.59 Å². The summed E-state index contributed by atoms with van der Waals surface area (Å²) in [7, 11) is 1.64. The minimum atomic E-state index is -0.892. The standard InChI is InChI=1S/C19H21NO3/c1-14(19(22)23)13-20(2)18(21)12-15-8-10-17(11-9-15)16-6-4-3-5-7-16/h3-11,14H,12-13H2,1-2H3,(H,22,23). The van der Waals surface area contributed by atoms with Crippen molar-refractivity contribution in [3.05, 3.63) is 60.2 Å². The predicted octanol–water partition coefficient (Wildman–Crippen LogP) is 3.08. The average molecular weight is 311 g/mol. The highest BCUT2D eigenvalue weighted by atomic mass is 16.4. The predicted molar refractivity (Wildman–Crippen MR) is 90.0 cm³/mol. The number of carbonyl (C=O) groups is 2. The number of likely N-dealkylation sites (N-methyl/N-ethyl adjacent to an activating group) is 1. The van der Waals surface area contributed by atoms with E-state index >= 15 is 0 Å². The maximum absolute atomic E-state index is 12.2. The molecule has 1 atom stereocenters. The zero-order valence-electron chi connectivity index (χ0n) is 13.4. The number of hydrogen-bond donors (Lipinski definition) is 1. The Balaban J connectivity index is 1.98. The van der Waals surface area contributed by atoms with Gasteiger partial charge in [0.25, 0.3) is 0 Å². The van der Waals surface area contributed by atoms with Crippen LogP contribution in [0, 0.1) is 5.92 Å². The Hall–Kier alpha value is -2.62. The summed E-state index contributed by atoms with van der Waals surface area (Å²) in [6, 6.07) is 17.9. The SMILES string of the molecule is CC(CN(C)C(=O)Cc1ccc(-c2ccccc2)cc1)C(=O)O. The van der Waals surface area contributed by atoms with E-state index in [-0.39, 0.29) is 18.9 Å². The van der Waals surface area contributed by atoms with Gasteiger partial charge >= 0.3 is 5.97 Å². The Bertz CT molecular complexity index is 665. The number of amides is 1. The molecule has 1 unspecified atom stereocenters. The monoisotopic (exact) mass is 311 g/mol. The van der Waals surface area contributed by atoms with Gasteiger partial charge in [-0.25, -0.2) is 0 Å². The molecular weight excluding hydrogens is 290 g/mol. The van der Waals surface area contributed by atoms with Crippen LogP contribution in [-0.2, 0) is 16.0 Å². The largest absolute Gasteiger partial charge is 0.481 e. The van der Waals surface area contributed by atoms with Crippen LogP contribution < -0.4 is 0 Å². The fourth-order valence-corrected chi connectivity index (χ4v) is 2.35. The summed E-state index contributed by atoms with van der Waals surface area (Å²) in [5, 5.41) is 8.90. The number of carboxylic acid groups (broad SMARTS) is 1. The number of rotatable bonds is 6. The molecule has 4 heteroatoms. The number of aliphatic carboxylic acids is 1. The summed E-state index contributed by atoms with van der Waals surface area (Å²) >= 11 is 0. The number of carboxylic acids is 1. The van der Waals surface area contributed by atoms with Crippen molar-refractivity contribution in [3.8, 4) is 11.1 Å². The number of benzene rings is 2. The number of hydrogen-bond acceptors (Lipinski definition) is 2. The van der Waals surface area contributed by atoms with Gasteiger partial charge in [-0.3, -0.25) is 9.59 Å². The molecule has 2 aromatic rings. The molecule has 120 valence electrons. The molecule has 0 aliphatic heterocycles. The van der Waals surface area contributed by atoms with Crippen LogP contribution >= 0.6 is 0 Å². The minimum Gasteiger partial charge on any atom is -0.481 e. The molecule has 4 nitrogen and oxygen atoms in total. The molecule has 1 amide bonds. The first-order valence-electron chi connectivity index (χ1n) is 7.58. The molecule has 23 heavy (non-hydrogen) atoms. The lowest BCUT2D eigenvalue weighted by atomic mass is 10.0. The van der Waals surface area contributed by atoms with Crippen molar-refractivity contribution in [2.75, 3.05) is 13.6 Å². The lowest BCUT2D eigenvalue weighted by Gasteiger charge is -2.19. The van der Waals surface area contributed by atoms with Crippen molar-refractivity contribution in [2.24, 2.45) is 5.92 Å². The highest BCUT2D eigenvalue weighted by Gasteiger charge is 2.17. The average Bonchev–Trinajstić information content (AvgIpc) is 2.56. The molecule has 0 aromatic heterocycles. The Labute approximate surface area is 136 Å². The summed E-state index contributed by atoms with van der Waals surface area (Å²) in [5.74, 6) is -1.54. The summed E-state index contributed by atoms with van der Waals surface area (Å²) in [4.78, 5) is 24.5. The van der Waals surface area contributed by atoms with Crippen LogP contribution in [0.3, 0.4) is 0 Å². The highest BCUT2D eigenvalue weighted by molar-refractivity contribution is 5.79. The van der Waals surface area contributed by atoms with Gasteiger partial charge in [-0.15, -0.1) is 0 Å². The van der Waals surface area contributed by atoms with E-state index in [1.54, 1.807) is 14.0 Å². The van der Waals surface area contributed by atoms with Crippen LogP contribution in [-0.4, -0.2) is 35.5 Å². The van der Waals surface area contributed by atoms with Gasteiger partial charge < -0.3 is 10.0 Å². The maximum atomic E-state index is 12.2. The number of nitrogens with zero attached hydrogens (tertiary/aromatic N) is 1. The summed E-state index contributed by atoms with van der Waals surface area (Å²) in [6.07, 6.45) is 0.276. The van der Waals surface area contributed by atoms with Crippen LogP contribution in [0.2, 0.25) is 0 Å². The molecular formula is C19H21NO3. The van der Waals surface area contributed by atoms with Gasteiger partial charge in [0.2, 0.25) is 5.91 Å². The first kappa shape index (κ1) is 16.7. The van der Waals surface area contributed by atoms with E-state index in [4.69, 9.17) is 5.11 Å². The molecule has 0 aliphatic rings. The molecule has 2 rings (SSSR count). The second kappa shape index (κ2) is 7.58. The zero-order valence-corrected chi connectivity index (χ0v) is 13.4. The minimum absolute atomic E-state index is 0.0782. The van der Waals surface area contributed by atoms with Crippen LogP contribution in [0.25, 0.3) is 11.1 Å². The van der Waals surface area contributed by atoms with E-state index in [1.807, 2.05) is 54.6 Å². The molecule has 0 spiro atoms. The molecule has 0 radical (unpaired) electrons. The van der Waals surface area contributed by atoms with E-state index < -0.39 is 11.9 Å². The zero-order chi connectivity index (χ0) is 16.8. The fourth-order valence-electron chi connectivity index (χ4n) is 2.35. The summed E-state index contributed by atoms with van der Waals surface area (Å²) in [5.41, 5.74) is 3.16. The highest BCUT2D eigenvalue weighted by Crippen LogP contribution is 2.19. The van der Waals surface area contributed by atoms with Crippen LogP contribution in [0.5, 0.6) is 0 Å². The van der Waals surface area contributed by atoms with Gasteiger partial charge in [0.05, 0.1) is 12.3 Å². The van der Waals surface area contributed by atoms with Gasteiger partial charge in [-0.05, 0) is 16.7 Å². The van der Waals surface area contributed by atoms with Gasteiger partial charge in [0.1, 0.15) is 0 Å². The second-order valence-corrected chi connectivity index (χ2v) is 5.75. The normalized spacial score (nSPS) is 11.7. The lowest BCUT2D eigenvalue weighted by Crippen LogP contribution is -2.34. The Morgan fingerprint density at radius 3 is 2.13 bits per heavy atom. The third-order valence-corrected chi connectivity index (χ3v) is 3.81. The second-order valence-electron chi connectivity index (χ2n) is 5.75. The topological polar surface area (TPSA) is 57.6 Å². The molecule has 0 saturated heterocycles. The van der Waals surface area contributed by atoms with Crippen LogP contribution in [0.15, 0.2) is 54.6 Å². The molecule has 1 N–H and O–H groups in total. The third kappa shape index (κ3) is 4.68. The smallest absolute Gasteiger partial charge is 0.308 e. The summed E-state index contributed by atoms with van der Waals surface area (Å²) < 4.78 is 0. The third-order valence-electron chi connectivity index (χ3n) is 3.81. The van der Waals surface area contributed by atoms with Crippen molar-refractivity contribution in [1.82, 2.24) is 4.90 Å². The van der Waals surface area contributed by atoms with Gasteiger partial charge in [-0.2, -0.15) is 0 Å². The quantitative estimate of drug-likeness (QED) is 0.892. The van der Waals surface area contributed by atoms with Crippen LogP contribution in [0.1, 0.15) is 12.5 Å². The van der Waals surface area contributed by atoms with Gasteiger partial charge in [0.15, 0.2) is 0 Å². The molecule has 2 aromatic carbocycles. The van der Waals surface area contributed by atoms with Crippen LogP contribution in [0.4, 0.5) is 0 Å². The molecule has 0 saturated carbocycles. The van der Waals surface area contributed by atoms with Gasteiger partial charge in [0, 0.05) is 13.6 Å². The first-order chi connectivity index (χ1) is 11.0. The van der Waals surface area contributed by atoms with E-state index in [2.05, 4.69) is 0 Å². The van der Waals surface area contributed by atoms with E-state index in [0.29, 0.717) is 0 Å². The Morgan fingerprint density at radius 2 is 1.57 bits per heavy atom. The lowest BCUT2D eigenvalue weighted by molar-refractivity contribution is -0.142. The van der Waals surface area contributed by atoms with Crippen molar-refractivity contribution in [3.63, 3.8) is 0 Å².